The molecule has 2 aromatic carbocycles. The molecule has 1 heterocycles. The third-order valence-corrected chi connectivity index (χ3v) is 5.97. The smallest absolute Gasteiger partial charge is 0.403 e. The zero-order valence-corrected chi connectivity index (χ0v) is 17.3. The number of carbonyl (C=O) groups is 1. The number of benzene rings is 2. The molecule has 0 amide bonds. The van der Waals surface area contributed by atoms with E-state index in [-0.39, 0.29) is 35.6 Å². The molecule has 0 bridgehead atoms. The molecule has 1 aliphatic heterocycles. The van der Waals surface area contributed by atoms with E-state index in [1.165, 1.54) is 13.0 Å². The van der Waals surface area contributed by atoms with Crippen molar-refractivity contribution in [3.63, 3.8) is 0 Å². The SMILES string of the molecule is CC(=O)c1cc(C(CCB2OC(C)(C)C(C)(C)O2)c2ccccc2)ccc1F. The maximum absolute atomic E-state index is 14.0. The van der Waals surface area contributed by atoms with Gasteiger partial charge >= 0.3 is 7.12 Å². The van der Waals surface area contributed by atoms with E-state index in [2.05, 4.69) is 12.1 Å². The van der Waals surface area contributed by atoms with Crippen LogP contribution in [0.15, 0.2) is 48.5 Å². The predicted molar refractivity (Wildman–Crippen MR) is 110 cm³/mol. The number of rotatable bonds is 6. The monoisotopic (exact) mass is 382 g/mol. The number of ketones is 1. The molecule has 1 unspecified atom stereocenters. The zero-order chi connectivity index (χ0) is 20.5. The summed E-state index contributed by atoms with van der Waals surface area (Å²) in [5, 5.41) is 0. The van der Waals surface area contributed by atoms with Gasteiger partial charge in [-0.3, -0.25) is 4.79 Å². The van der Waals surface area contributed by atoms with Gasteiger partial charge in [0.05, 0.1) is 16.8 Å². The van der Waals surface area contributed by atoms with Gasteiger partial charge in [-0.1, -0.05) is 36.4 Å². The third kappa shape index (κ3) is 4.21. The lowest BCUT2D eigenvalue weighted by molar-refractivity contribution is 0.00578. The number of halogens is 1. The van der Waals surface area contributed by atoms with Gasteiger partial charge in [0.1, 0.15) is 5.82 Å². The number of carbonyl (C=O) groups excluding carboxylic acids is 1. The fourth-order valence-electron chi connectivity index (χ4n) is 3.63. The van der Waals surface area contributed by atoms with Gasteiger partial charge in [-0.05, 0) is 70.6 Å². The van der Waals surface area contributed by atoms with E-state index in [0.29, 0.717) is 6.32 Å². The van der Waals surface area contributed by atoms with E-state index in [0.717, 1.165) is 17.5 Å². The molecule has 1 fully saturated rings. The summed E-state index contributed by atoms with van der Waals surface area (Å²) >= 11 is 0. The molecular weight excluding hydrogens is 354 g/mol. The molecule has 1 saturated heterocycles. The highest BCUT2D eigenvalue weighted by Gasteiger charge is 2.50. The molecule has 0 aliphatic carbocycles. The molecule has 0 radical (unpaired) electrons. The highest BCUT2D eigenvalue weighted by atomic mass is 19.1. The molecule has 0 spiro atoms. The first-order valence-corrected chi connectivity index (χ1v) is 9.82. The normalized spacial score (nSPS) is 18.9. The van der Waals surface area contributed by atoms with Gasteiger partial charge in [0, 0.05) is 5.92 Å². The van der Waals surface area contributed by atoms with Gasteiger partial charge in [0.2, 0.25) is 0 Å². The third-order valence-electron chi connectivity index (χ3n) is 5.97. The van der Waals surface area contributed by atoms with E-state index in [1.807, 2.05) is 45.9 Å². The number of hydrogen-bond acceptors (Lipinski definition) is 3. The maximum Gasteiger partial charge on any atom is 0.457 e. The molecule has 3 rings (SSSR count). The molecule has 28 heavy (non-hydrogen) atoms. The van der Waals surface area contributed by atoms with Crippen LogP contribution in [-0.2, 0) is 9.31 Å². The van der Waals surface area contributed by atoms with Crippen LogP contribution in [0.5, 0.6) is 0 Å². The summed E-state index contributed by atoms with van der Waals surface area (Å²) in [6.45, 7) is 9.56. The first-order valence-electron chi connectivity index (χ1n) is 9.82. The number of Topliss-reactive ketones (excluding diaryl/α,β-unsaturated/α-hetero) is 1. The molecule has 3 nitrogen and oxygen atoms in total. The van der Waals surface area contributed by atoms with E-state index < -0.39 is 5.82 Å². The Bertz CT molecular complexity index is 832. The first-order chi connectivity index (χ1) is 13.1. The molecule has 1 atom stereocenters. The Kier molecular flexibility index (Phi) is 5.78. The minimum Gasteiger partial charge on any atom is -0.403 e. The number of hydrogen-bond donors (Lipinski definition) is 0. The van der Waals surface area contributed by atoms with Gasteiger partial charge in [-0.25, -0.2) is 4.39 Å². The summed E-state index contributed by atoms with van der Waals surface area (Å²) in [4.78, 5) is 11.8. The first kappa shape index (κ1) is 20.8. The van der Waals surface area contributed by atoms with Gasteiger partial charge < -0.3 is 9.31 Å². The molecule has 5 heteroatoms. The molecule has 0 saturated carbocycles. The molecule has 0 aromatic heterocycles. The zero-order valence-electron chi connectivity index (χ0n) is 17.3. The van der Waals surface area contributed by atoms with E-state index in [4.69, 9.17) is 9.31 Å². The molecular formula is C23H28BFO3. The summed E-state index contributed by atoms with van der Waals surface area (Å²) < 4.78 is 26.3. The predicted octanol–water partition coefficient (Wildman–Crippen LogP) is 5.64. The van der Waals surface area contributed by atoms with Crippen molar-refractivity contribution in [1.82, 2.24) is 0 Å². The molecule has 1 aliphatic rings. The van der Waals surface area contributed by atoms with Crippen LogP contribution < -0.4 is 0 Å². The Morgan fingerprint density at radius 1 is 1.00 bits per heavy atom. The average molecular weight is 382 g/mol. The largest absolute Gasteiger partial charge is 0.457 e. The van der Waals surface area contributed by atoms with E-state index in [1.54, 1.807) is 12.1 Å². The van der Waals surface area contributed by atoms with Gasteiger partial charge in [-0.2, -0.15) is 0 Å². The quantitative estimate of drug-likeness (QED) is 0.479. The van der Waals surface area contributed by atoms with Gasteiger partial charge in [0.25, 0.3) is 0 Å². The van der Waals surface area contributed by atoms with Gasteiger partial charge in [0.15, 0.2) is 5.78 Å². The fraction of sp³-hybridized carbons (Fsp3) is 0.435. The fourth-order valence-corrected chi connectivity index (χ4v) is 3.63. The topological polar surface area (TPSA) is 35.5 Å². The molecule has 2 aromatic rings. The summed E-state index contributed by atoms with van der Waals surface area (Å²) in [5.41, 5.74) is 1.46. The van der Waals surface area contributed by atoms with Crippen LogP contribution >= 0.6 is 0 Å². The van der Waals surface area contributed by atoms with Crippen molar-refractivity contribution in [2.75, 3.05) is 0 Å². The van der Waals surface area contributed by atoms with Crippen molar-refractivity contribution in [3.8, 4) is 0 Å². The van der Waals surface area contributed by atoms with Crippen LogP contribution in [0.4, 0.5) is 4.39 Å². The Morgan fingerprint density at radius 2 is 1.61 bits per heavy atom. The van der Waals surface area contributed by atoms with E-state index >= 15 is 0 Å². The van der Waals surface area contributed by atoms with Crippen LogP contribution in [0.1, 0.15) is 68.4 Å². The van der Waals surface area contributed by atoms with Crippen LogP contribution in [0.25, 0.3) is 0 Å². The maximum atomic E-state index is 14.0. The summed E-state index contributed by atoms with van der Waals surface area (Å²) in [6.07, 6.45) is 1.48. The van der Waals surface area contributed by atoms with Crippen molar-refractivity contribution in [1.29, 1.82) is 0 Å². The van der Waals surface area contributed by atoms with Crippen LogP contribution in [0.2, 0.25) is 6.32 Å². The van der Waals surface area contributed by atoms with Crippen molar-refractivity contribution in [2.45, 2.75) is 64.5 Å². The van der Waals surface area contributed by atoms with Crippen LogP contribution in [0.3, 0.4) is 0 Å². The lowest BCUT2D eigenvalue weighted by atomic mass is 9.76. The second kappa shape index (κ2) is 7.80. The Labute approximate surface area is 167 Å². The second-order valence-corrected chi connectivity index (χ2v) is 8.52. The standard InChI is InChI=1S/C23H28BFO3/c1-16(26)20-15-18(11-12-21(20)25)19(17-9-7-6-8-10-17)13-14-24-27-22(2,3)23(4,5)28-24/h6-12,15,19H,13-14H2,1-5H3. The van der Waals surface area contributed by atoms with Crippen LogP contribution in [0, 0.1) is 5.82 Å². The van der Waals surface area contributed by atoms with Gasteiger partial charge in [-0.15, -0.1) is 0 Å². The summed E-state index contributed by atoms with van der Waals surface area (Å²) in [5.74, 6) is -0.718. The second-order valence-electron chi connectivity index (χ2n) is 8.52. The van der Waals surface area contributed by atoms with Crippen molar-refractivity contribution < 1.29 is 18.5 Å². The highest BCUT2D eigenvalue weighted by Crippen LogP contribution is 2.40. The van der Waals surface area contributed by atoms with Crippen molar-refractivity contribution in [2.24, 2.45) is 0 Å². The van der Waals surface area contributed by atoms with Crippen molar-refractivity contribution in [3.05, 3.63) is 71.0 Å². The minimum absolute atomic E-state index is 0.0268. The highest BCUT2D eigenvalue weighted by molar-refractivity contribution is 6.45. The Hall–Kier alpha value is -1.98. The lowest BCUT2D eigenvalue weighted by Crippen LogP contribution is -2.41. The molecule has 0 N–H and O–H groups in total. The average Bonchev–Trinajstić information content (AvgIpc) is 2.84. The minimum atomic E-state index is -0.478. The summed E-state index contributed by atoms with van der Waals surface area (Å²) in [6, 6.07) is 14.9. The van der Waals surface area contributed by atoms with Crippen LogP contribution in [-0.4, -0.2) is 24.1 Å². The molecule has 148 valence electrons. The summed E-state index contributed by atoms with van der Waals surface area (Å²) in [7, 11) is -0.288. The Balaban J connectivity index is 1.86. The van der Waals surface area contributed by atoms with Crippen molar-refractivity contribution >= 4 is 12.9 Å². The Morgan fingerprint density at radius 3 is 2.18 bits per heavy atom. The lowest BCUT2D eigenvalue weighted by Gasteiger charge is -2.32. The van der Waals surface area contributed by atoms with E-state index in [9.17, 15) is 9.18 Å².